The van der Waals surface area contributed by atoms with Crippen LogP contribution in [0.25, 0.3) is 0 Å². The van der Waals surface area contributed by atoms with Crippen molar-refractivity contribution >= 4 is 17.3 Å². The van der Waals surface area contributed by atoms with E-state index in [1.807, 2.05) is 30.3 Å². The fourth-order valence-electron chi connectivity index (χ4n) is 2.56. The molecular weight excluding hydrogens is 354 g/mol. The zero-order valence-corrected chi connectivity index (χ0v) is 16.4. The molecule has 0 aliphatic carbocycles. The highest BCUT2D eigenvalue weighted by atomic mass is 16.5. The Kier molecular flexibility index (Phi) is 7.92. The van der Waals surface area contributed by atoms with Crippen molar-refractivity contribution in [1.82, 2.24) is 0 Å². The summed E-state index contributed by atoms with van der Waals surface area (Å²) in [5, 5.41) is 15.0. The smallest absolute Gasteiger partial charge is 0.267 e. The summed E-state index contributed by atoms with van der Waals surface area (Å²) in [6.45, 7) is 2.15. The first-order valence-corrected chi connectivity index (χ1v) is 9.10. The molecule has 146 valence electrons. The number of unbranched alkanes of at least 4 members (excludes halogenated alkanes) is 1. The zero-order chi connectivity index (χ0) is 20.4. The van der Waals surface area contributed by atoms with E-state index < -0.39 is 5.91 Å². The van der Waals surface area contributed by atoms with Crippen LogP contribution < -0.4 is 20.1 Å². The van der Waals surface area contributed by atoms with Crippen molar-refractivity contribution in [1.29, 1.82) is 5.26 Å². The average molecular weight is 379 g/mol. The number of rotatable bonds is 9. The molecule has 1 amide bonds. The van der Waals surface area contributed by atoms with Crippen molar-refractivity contribution in [3.05, 3.63) is 59.8 Å². The molecule has 2 aromatic carbocycles. The van der Waals surface area contributed by atoms with Crippen molar-refractivity contribution in [2.45, 2.75) is 26.2 Å². The van der Waals surface area contributed by atoms with Gasteiger partial charge in [0.1, 0.15) is 23.1 Å². The number of nitrogens with one attached hydrogen (secondary N) is 2. The minimum atomic E-state index is -0.488. The second-order valence-electron chi connectivity index (χ2n) is 6.13. The number of carbonyl (C=O) groups excluding carboxylic acids is 1. The molecule has 0 bridgehead atoms. The van der Waals surface area contributed by atoms with Crippen molar-refractivity contribution in [2.24, 2.45) is 0 Å². The van der Waals surface area contributed by atoms with E-state index in [4.69, 9.17) is 9.47 Å². The molecule has 0 aliphatic heterocycles. The molecule has 6 nitrogen and oxygen atoms in total. The Bertz CT molecular complexity index is 868. The highest BCUT2D eigenvalue weighted by Gasteiger charge is 2.11. The standard InChI is InChI=1S/C22H25N3O3/c1-4-5-6-16-7-9-18(10-8-16)25-22(26)17(14-23)15-24-20-13-19(27-2)11-12-21(20)28-3/h7-13,15,24H,4-6H2,1-3H3,(H,25,26)/b17-15-. The van der Waals surface area contributed by atoms with Crippen molar-refractivity contribution in [2.75, 3.05) is 24.9 Å². The number of aryl methyl sites for hydroxylation is 1. The normalized spacial score (nSPS) is 10.7. The maximum absolute atomic E-state index is 12.4. The topological polar surface area (TPSA) is 83.4 Å². The van der Waals surface area contributed by atoms with Gasteiger partial charge in [-0.1, -0.05) is 25.5 Å². The summed E-state index contributed by atoms with van der Waals surface area (Å²) in [5.41, 5.74) is 2.40. The number of nitriles is 1. The van der Waals surface area contributed by atoms with Gasteiger partial charge in [0, 0.05) is 18.0 Å². The van der Waals surface area contributed by atoms with E-state index in [9.17, 15) is 10.1 Å². The maximum atomic E-state index is 12.4. The Morgan fingerprint density at radius 3 is 2.50 bits per heavy atom. The summed E-state index contributed by atoms with van der Waals surface area (Å²) in [7, 11) is 3.10. The summed E-state index contributed by atoms with van der Waals surface area (Å²) >= 11 is 0. The molecule has 0 aliphatic rings. The van der Waals surface area contributed by atoms with Crippen LogP contribution in [0.4, 0.5) is 11.4 Å². The van der Waals surface area contributed by atoms with Gasteiger partial charge in [0.15, 0.2) is 0 Å². The third-order valence-corrected chi connectivity index (χ3v) is 4.17. The molecule has 0 saturated carbocycles. The highest BCUT2D eigenvalue weighted by Crippen LogP contribution is 2.29. The quantitative estimate of drug-likeness (QED) is 0.495. The molecule has 0 aromatic heterocycles. The Morgan fingerprint density at radius 2 is 1.89 bits per heavy atom. The molecule has 0 heterocycles. The molecular formula is C22H25N3O3. The number of benzene rings is 2. The monoisotopic (exact) mass is 379 g/mol. The number of carbonyl (C=O) groups is 1. The van der Waals surface area contributed by atoms with Gasteiger partial charge in [0.25, 0.3) is 5.91 Å². The van der Waals surface area contributed by atoms with E-state index in [1.54, 1.807) is 32.4 Å². The van der Waals surface area contributed by atoms with Crippen LogP contribution in [0, 0.1) is 11.3 Å². The second kappa shape index (κ2) is 10.6. The lowest BCUT2D eigenvalue weighted by molar-refractivity contribution is -0.112. The van der Waals surface area contributed by atoms with Crippen LogP contribution in [0.3, 0.4) is 0 Å². The first-order chi connectivity index (χ1) is 13.6. The number of ether oxygens (including phenoxy) is 2. The van der Waals surface area contributed by atoms with Crippen LogP contribution in [0.5, 0.6) is 11.5 Å². The third-order valence-electron chi connectivity index (χ3n) is 4.17. The van der Waals surface area contributed by atoms with E-state index in [0.717, 1.165) is 19.3 Å². The van der Waals surface area contributed by atoms with Gasteiger partial charge < -0.3 is 20.1 Å². The first-order valence-electron chi connectivity index (χ1n) is 9.10. The van der Waals surface area contributed by atoms with Gasteiger partial charge in [-0.2, -0.15) is 5.26 Å². The minimum Gasteiger partial charge on any atom is -0.497 e. The predicted octanol–water partition coefficient (Wildman–Crippen LogP) is 4.50. The van der Waals surface area contributed by atoms with Crippen LogP contribution >= 0.6 is 0 Å². The van der Waals surface area contributed by atoms with Crippen LogP contribution in [0.2, 0.25) is 0 Å². The van der Waals surface area contributed by atoms with E-state index in [1.165, 1.54) is 11.8 Å². The third kappa shape index (κ3) is 5.78. The SMILES string of the molecule is CCCCc1ccc(NC(=O)/C(C#N)=C\Nc2cc(OC)ccc2OC)cc1. The van der Waals surface area contributed by atoms with Crippen LogP contribution in [0.15, 0.2) is 54.2 Å². The molecule has 0 radical (unpaired) electrons. The number of nitrogens with zero attached hydrogens (tertiary/aromatic N) is 1. The van der Waals surface area contributed by atoms with Gasteiger partial charge >= 0.3 is 0 Å². The summed E-state index contributed by atoms with van der Waals surface area (Å²) in [5.74, 6) is 0.707. The molecule has 6 heteroatoms. The molecule has 2 aromatic rings. The number of amides is 1. The lowest BCUT2D eigenvalue weighted by Gasteiger charge is -2.10. The molecule has 0 spiro atoms. The second-order valence-corrected chi connectivity index (χ2v) is 6.13. The van der Waals surface area contributed by atoms with E-state index in [0.29, 0.717) is 22.9 Å². The molecule has 0 atom stereocenters. The zero-order valence-electron chi connectivity index (χ0n) is 16.4. The Labute approximate surface area is 165 Å². The first kappa shape index (κ1) is 20.8. The molecule has 2 rings (SSSR count). The van der Waals surface area contributed by atoms with Gasteiger partial charge in [0.2, 0.25) is 0 Å². The summed E-state index contributed by atoms with van der Waals surface area (Å²) in [6, 6.07) is 14.8. The van der Waals surface area contributed by atoms with Gasteiger partial charge in [0.05, 0.1) is 19.9 Å². The summed E-state index contributed by atoms with van der Waals surface area (Å²) in [4.78, 5) is 12.4. The van der Waals surface area contributed by atoms with Crippen LogP contribution in [0.1, 0.15) is 25.3 Å². The van der Waals surface area contributed by atoms with Crippen molar-refractivity contribution in [3.63, 3.8) is 0 Å². The van der Waals surface area contributed by atoms with E-state index in [-0.39, 0.29) is 5.57 Å². The maximum Gasteiger partial charge on any atom is 0.267 e. The van der Waals surface area contributed by atoms with Crippen molar-refractivity contribution < 1.29 is 14.3 Å². The Hall–Kier alpha value is -3.46. The van der Waals surface area contributed by atoms with E-state index >= 15 is 0 Å². The van der Waals surface area contributed by atoms with Gasteiger partial charge in [-0.05, 0) is 42.7 Å². The Morgan fingerprint density at radius 1 is 1.14 bits per heavy atom. The largest absolute Gasteiger partial charge is 0.497 e. The molecule has 2 N–H and O–H groups in total. The number of anilines is 2. The lowest BCUT2D eigenvalue weighted by atomic mass is 10.1. The minimum absolute atomic E-state index is 0.0556. The van der Waals surface area contributed by atoms with Gasteiger partial charge in [-0.25, -0.2) is 0 Å². The fraction of sp³-hybridized carbons (Fsp3) is 0.273. The van der Waals surface area contributed by atoms with Gasteiger partial charge in [-0.15, -0.1) is 0 Å². The lowest BCUT2D eigenvalue weighted by Crippen LogP contribution is -2.14. The molecule has 28 heavy (non-hydrogen) atoms. The number of methoxy groups -OCH3 is 2. The van der Waals surface area contributed by atoms with E-state index in [2.05, 4.69) is 17.6 Å². The number of hydrogen-bond donors (Lipinski definition) is 2. The average Bonchev–Trinajstić information content (AvgIpc) is 2.73. The highest BCUT2D eigenvalue weighted by molar-refractivity contribution is 6.06. The summed E-state index contributed by atoms with van der Waals surface area (Å²) < 4.78 is 10.5. The van der Waals surface area contributed by atoms with Crippen LogP contribution in [-0.2, 0) is 11.2 Å². The van der Waals surface area contributed by atoms with Crippen molar-refractivity contribution in [3.8, 4) is 17.6 Å². The predicted molar refractivity (Wildman–Crippen MR) is 111 cm³/mol. The number of hydrogen-bond acceptors (Lipinski definition) is 5. The van der Waals surface area contributed by atoms with Crippen LogP contribution in [-0.4, -0.2) is 20.1 Å². The molecule has 0 unspecified atom stereocenters. The molecule has 0 fully saturated rings. The Balaban J connectivity index is 2.08. The van der Waals surface area contributed by atoms with Gasteiger partial charge in [-0.3, -0.25) is 4.79 Å². The summed E-state index contributed by atoms with van der Waals surface area (Å²) in [6.07, 6.45) is 4.63. The fourth-order valence-corrected chi connectivity index (χ4v) is 2.56. The molecule has 0 saturated heterocycles.